The zero-order valence-electron chi connectivity index (χ0n) is 12.1. The summed E-state index contributed by atoms with van der Waals surface area (Å²) >= 11 is 0. The van der Waals surface area contributed by atoms with Gasteiger partial charge in [0.25, 0.3) is 5.91 Å². The van der Waals surface area contributed by atoms with Gasteiger partial charge >= 0.3 is 0 Å². The van der Waals surface area contributed by atoms with Gasteiger partial charge in [-0.15, -0.1) is 0 Å². The van der Waals surface area contributed by atoms with E-state index in [-0.39, 0.29) is 18.3 Å². The van der Waals surface area contributed by atoms with Crippen molar-refractivity contribution >= 4 is 5.91 Å². The van der Waals surface area contributed by atoms with Crippen molar-refractivity contribution in [2.24, 2.45) is 0 Å². The van der Waals surface area contributed by atoms with Gasteiger partial charge in [0.15, 0.2) is 0 Å². The van der Waals surface area contributed by atoms with Crippen molar-refractivity contribution in [2.75, 3.05) is 6.54 Å². The lowest BCUT2D eigenvalue weighted by molar-refractivity contribution is 0.0526. The molecule has 1 atom stereocenters. The summed E-state index contributed by atoms with van der Waals surface area (Å²) in [5.74, 6) is -0.615. The Kier molecular flexibility index (Phi) is 4.38. The number of rotatable bonds is 4. The first kappa shape index (κ1) is 15.2. The second kappa shape index (κ2) is 6.06. The first-order chi connectivity index (χ1) is 9.88. The smallest absolute Gasteiger partial charge is 0.251 e. The number of benzene rings is 2. The highest BCUT2D eigenvalue weighted by Crippen LogP contribution is 2.20. The maximum Gasteiger partial charge on any atom is 0.251 e. The molecule has 0 saturated heterocycles. The lowest BCUT2D eigenvalue weighted by atomic mass is 9.96. The Hall–Kier alpha value is -2.20. The van der Waals surface area contributed by atoms with Crippen LogP contribution in [0.25, 0.3) is 0 Å². The molecule has 3 nitrogen and oxygen atoms in total. The Morgan fingerprint density at radius 2 is 1.71 bits per heavy atom. The quantitative estimate of drug-likeness (QED) is 0.908. The minimum Gasteiger partial charge on any atom is -0.384 e. The third-order valence-corrected chi connectivity index (χ3v) is 3.37. The average molecular weight is 287 g/mol. The van der Waals surface area contributed by atoms with E-state index in [2.05, 4.69) is 5.32 Å². The zero-order chi connectivity index (χ0) is 15.5. The van der Waals surface area contributed by atoms with Crippen molar-refractivity contribution in [3.8, 4) is 0 Å². The molecule has 2 aromatic rings. The molecule has 0 aliphatic rings. The first-order valence-corrected chi connectivity index (χ1v) is 6.72. The van der Waals surface area contributed by atoms with E-state index in [4.69, 9.17) is 0 Å². The number of halogens is 1. The van der Waals surface area contributed by atoms with E-state index < -0.39 is 5.60 Å². The maximum absolute atomic E-state index is 12.9. The molecule has 2 aromatic carbocycles. The number of hydrogen-bond donors (Lipinski definition) is 2. The second-order valence-corrected chi connectivity index (χ2v) is 5.33. The minimum atomic E-state index is -1.26. The van der Waals surface area contributed by atoms with Crippen LogP contribution in [0.3, 0.4) is 0 Å². The van der Waals surface area contributed by atoms with Gasteiger partial charge in [-0.1, -0.05) is 29.8 Å². The molecule has 4 heteroatoms. The van der Waals surface area contributed by atoms with E-state index in [0.29, 0.717) is 11.1 Å². The lowest BCUT2D eigenvalue weighted by Gasteiger charge is -2.24. The van der Waals surface area contributed by atoms with Crippen LogP contribution in [-0.2, 0) is 5.60 Å². The van der Waals surface area contributed by atoms with Gasteiger partial charge in [0, 0.05) is 5.56 Å². The Labute approximate surface area is 123 Å². The topological polar surface area (TPSA) is 49.3 Å². The van der Waals surface area contributed by atoms with Gasteiger partial charge in [-0.25, -0.2) is 4.39 Å². The number of nitrogens with one attached hydrogen (secondary N) is 1. The molecule has 0 fully saturated rings. The third-order valence-electron chi connectivity index (χ3n) is 3.37. The largest absolute Gasteiger partial charge is 0.384 e. The Morgan fingerprint density at radius 1 is 1.14 bits per heavy atom. The highest BCUT2D eigenvalue weighted by Gasteiger charge is 2.24. The van der Waals surface area contributed by atoms with E-state index >= 15 is 0 Å². The van der Waals surface area contributed by atoms with Crippen molar-refractivity contribution in [1.82, 2.24) is 5.32 Å². The Morgan fingerprint density at radius 3 is 2.29 bits per heavy atom. The SMILES string of the molecule is Cc1ccc(C(=O)NCC(C)(O)c2ccc(F)cc2)cc1. The Bertz CT molecular complexity index is 618. The number of aliphatic hydroxyl groups is 1. The van der Waals surface area contributed by atoms with Crippen molar-refractivity contribution in [3.63, 3.8) is 0 Å². The second-order valence-electron chi connectivity index (χ2n) is 5.33. The number of carbonyl (C=O) groups excluding carboxylic acids is 1. The van der Waals surface area contributed by atoms with Gasteiger partial charge in [0.05, 0.1) is 6.54 Å². The molecule has 0 aliphatic heterocycles. The molecule has 0 aliphatic carbocycles. The van der Waals surface area contributed by atoms with Crippen LogP contribution in [0.2, 0.25) is 0 Å². The summed E-state index contributed by atoms with van der Waals surface area (Å²) < 4.78 is 12.9. The normalized spacial score (nSPS) is 13.5. The summed E-state index contributed by atoms with van der Waals surface area (Å²) in [7, 11) is 0. The summed E-state index contributed by atoms with van der Waals surface area (Å²) in [4.78, 5) is 12.0. The maximum atomic E-state index is 12.9. The van der Waals surface area contributed by atoms with Crippen LogP contribution in [-0.4, -0.2) is 17.6 Å². The molecule has 2 N–H and O–H groups in total. The monoisotopic (exact) mass is 287 g/mol. The molecule has 0 radical (unpaired) electrons. The molecular weight excluding hydrogens is 269 g/mol. The summed E-state index contributed by atoms with van der Waals surface area (Å²) in [6.45, 7) is 3.57. The van der Waals surface area contributed by atoms with Gasteiger partial charge in [-0.2, -0.15) is 0 Å². The van der Waals surface area contributed by atoms with E-state index in [1.807, 2.05) is 19.1 Å². The molecule has 1 unspecified atom stereocenters. The highest BCUT2D eigenvalue weighted by molar-refractivity contribution is 5.94. The first-order valence-electron chi connectivity index (χ1n) is 6.72. The number of hydrogen-bond acceptors (Lipinski definition) is 2. The van der Waals surface area contributed by atoms with E-state index in [9.17, 15) is 14.3 Å². The predicted molar refractivity (Wildman–Crippen MR) is 79.5 cm³/mol. The van der Waals surface area contributed by atoms with Crippen LogP contribution in [0.5, 0.6) is 0 Å². The fourth-order valence-corrected chi connectivity index (χ4v) is 1.97. The average Bonchev–Trinajstić information content (AvgIpc) is 2.46. The van der Waals surface area contributed by atoms with Crippen LogP contribution in [0.1, 0.15) is 28.4 Å². The van der Waals surface area contributed by atoms with Crippen molar-refractivity contribution in [3.05, 3.63) is 71.0 Å². The van der Waals surface area contributed by atoms with Gasteiger partial charge in [0.1, 0.15) is 11.4 Å². The van der Waals surface area contributed by atoms with Crippen LogP contribution in [0.15, 0.2) is 48.5 Å². The highest BCUT2D eigenvalue weighted by atomic mass is 19.1. The van der Waals surface area contributed by atoms with Crippen LogP contribution in [0.4, 0.5) is 4.39 Å². The Balaban J connectivity index is 2.02. The van der Waals surface area contributed by atoms with Gasteiger partial charge in [0.2, 0.25) is 0 Å². The number of aryl methyl sites for hydroxylation is 1. The van der Waals surface area contributed by atoms with Crippen LogP contribution < -0.4 is 5.32 Å². The molecule has 110 valence electrons. The van der Waals surface area contributed by atoms with Crippen LogP contribution >= 0.6 is 0 Å². The molecule has 2 rings (SSSR count). The molecular formula is C17H18FNO2. The van der Waals surface area contributed by atoms with Crippen LogP contribution in [0, 0.1) is 12.7 Å². The fourth-order valence-electron chi connectivity index (χ4n) is 1.97. The molecule has 21 heavy (non-hydrogen) atoms. The summed E-state index contributed by atoms with van der Waals surface area (Å²) in [5.41, 5.74) is 0.905. The fraction of sp³-hybridized carbons (Fsp3) is 0.235. The van der Waals surface area contributed by atoms with Gasteiger partial charge < -0.3 is 10.4 Å². The van der Waals surface area contributed by atoms with Crippen molar-refractivity contribution in [1.29, 1.82) is 0 Å². The zero-order valence-corrected chi connectivity index (χ0v) is 12.1. The van der Waals surface area contributed by atoms with Gasteiger partial charge in [-0.05, 0) is 43.7 Å². The molecule has 0 aromatic heterocycles. The van der Waals surface area contributed by atoms with E-state index in [0.717, 1.165) is 5.56 Å². The molecule has 0 heterocycles. The summed E-state index contributed by atoms with van der Waals surface area (Å²) in [6, 6.07) is 12.8. The molecule has 0 bridgehead atoms. The number of carbonyl (C=O) groups is 1. The molecule has 0 saturated carbocycles. The van der Waals surface area contributed by atoms with Gasteiger partial charge in [-0.3, -0.25) is 4.79 Å². The van der Waals surface area contributed by atoms with E-state index in [1.165, 1.54) is 24.3 Å². The van der Waals surface area contributed by atoms with Crippen molar-refractivity contribution < 1.29 is 14.3 Å². The lowest BCUT2D eigenvalue weighted by Crippen LogP contribution is -2.38. The van der Waals surface area contributed by atoms with Crippen molar-refractivity contribution in [2.45, 2.75) is 19.4 Å². The predicted octanol–water partition coefficient (Wildman–Crippen LogP) is 2.77. The molecule has 1 amide bonds. The standard InChI is InChI=1S/C17H18FNO2/c1-12-3-5-13(6-4-12)16(20)19-11-17(2,21)14-7-9-15(18)10-8-14/h3-10,21H,11H2,1-2H3,(H,19,20). The number of amides is 1. The summed E-state index contributed by atoms with van der Waals surface area (Å²) in [6.07, 6.45) is 0. The minimum absolute atomic E-state index is 0.0470. The molecule has 0 spiro atoms. The summed E-state index contributed by atoms with van der Waals surface area (Å²) in [5, 5.41) is 13.1. The van der Waals surface area contributed by atoms with E-state index in [1.54, 1.807) is 19.1 Å². The third kappa shape index (κ3) is 3.89.